The van der Waals surface area contributed by atoms with E-state index in [-0.39, 0.29) is 5.91 Å². The van der Waals surface area contributed by atoms with Crippen molar-refractivity contribution in [1.29, 1.82) is 0 Å². The third kappa shape index (κ3) is 3.25. The molecule has 0 fully saturated rings. The largest absolute Gasteiger partial charge is 0.350 e. The van der Waals surface area contributed by atoms with E-state index in [9.17, 15) is 4.79 Å². The predicted octanol–water partition coefficient (Wildman–Crippen LogP) is 1.68. The van der Waals surface area contributed by atoms with Gasteiger partial charge in [0.15, 0.2) is 5.69 Å². The maximum atomic E-state index is 12.2. The molecule has 0 bridgehead atoms. The Balaban J connectivity index is 1.58. The molecule has 21 heavy (non-hydrogen) atoms. The Labute approximate surface area is 128 Å². The van der Waals surface area contributed by atoms with Crippen LogP contribution in [0.1, 0.15) is 27.3 Å². The summed E-state index contributed by atoms with van der Waals surface area (Å²) in [5, 5.41) is 14.0. The molecular weight excluding hydrogens is 288 g/mol. The fraction of sp³-hybridized carbons (Fsp3) is 0.333. The Morgan fingerprint density at radius 2 is 2.33 bits per heavy atom. The number of carbonyl (C=O) groups is 1. The van der Waals surface area contributed by atoms with Crippen molar-refractivity contribution >= 4 is 17.5 Å². The van der Waals surface area contributed by atoms with E-state index in [0.717, 1.165) is 36.2 Å². The lowest BCUT2D eigenvalue weighted by atomic mass is 10.1. The van der Waals surface area contributed by atoms with Gasteiger partial charge in [0, 0.05) is 42.3 Å². The van der Waals surface area contributed by atoms with Gasteiger partial charge in [-0.1, -0.05) is 23.7 Å². The van der Waals surface area contributed by atoms with E-state index in [1.165, 1.54) is 0 Å². The highest BCUT2D eigenvalue weighted by atomic mass is 35.5. The number of H-pyrrole nitrogens is 1. The lowest BCUT2D eigenvalue weighted by Crippen LogP contribution is -2.29. The Morgan fingerprint density at radius 3 is 3.19 bits per heavy atom. The smallest absolute Gasteiger partial charge is 0.272 e. The number of halogens is 1. The first kappa shape index (κ1) is 14.1. The van der Waals surface area contributed by atoms with Gasteiger partial charge in [-0.2, -0.15) is 5.10 Å². The van der Waals surface area contributed by atoms with Crippen molar-refractivity contribution in [2.24, 2.45) is 0 Å². The first-order chi connectivity index (χ1) is 10.2. The normalized spacial score (nSPS) is 13.8. The molecule has 5 nitrogen and oxygen atoms in total. The average Bonchev–Trinajstić information content (AvgIpc) is 2.91. The summed E-state index contributed by atoms with van der Waals surface area (Å²) in [5.41, 5.74) is 3.66. The molecule has 3 rings (SSSR count). The number of hydrogen-bond donors (Lipinski definition) is 3. The summed E-state index contributed by atoms with van der Waals surface area (Å²) in [6.07, 6.45) is 1.63. The van der Waals surface area contributed by atoms with Gasteiger partial charge >= 0.3 is 0 Å². The fourth-order valence-corrected chi connectivity index (χ4v) is 2.72. The van der Waals surface area contributed by atoms with Crippen molar-refractivity contribution in [3.63, 3.8) is 0 Å². The van der Waals surface area contributed by atoms with Crippen molar-refractivity contribution in [3.05, 3.63) is 51.8 Å². The molecule has 1 aliphatic heterocycles. The molecular formula is C15H17ClN4O. The first-order valence-corrected chi connectivity index (χ1v) is 7.41. The van der Waals surface area contributed by atoms with Crippen LogP contribution < -0.4 is 10.6 Å². The van der Waals surface area contributed by atoms with Crippen molar-refractivity contribution < 1.29 is 4.79 Å². The van der Waals surface area contributed by atoms with E-state index >= 15 is 0 Å². The van der Waals surface area contributed by atoms with Crippen LogP contribution in [-0.2, 0) is 19.4 Å². The molecule has 2 aromatic rings. The van der Waals surface area contributed by atoms with Gasteiger partial charge in [0.05, 0.1) is 0 Å². The molecule has 3 N–H and O–H groups in total. The number of rotatable bonds is 4. The van der Waals surface area contributed by atoms with Gasteiger partial charge in [0.1, 0.15) is 0 Å². The number of benzene rings is 1. The zero-order chi connectivity index (χ0) is 14.7. The number of amides is 1. The van der Waals surface area contributed by atoms with Crippen LogP contribution in [0.15, 0.2) is 24.3 Å². The molecule has 110 valence electrons. The zero-order valence-electron chi connectivity index (χ0n) is 11.6. The van der Waals surface area contributed by atoms with Crippen LogP contribution >= 0.6 is 11.6 Å². The lowest BCUT2D eigenvalue weighted by molar-refractivity contribution is 0.0948. The third-order valence-corrected chi connectivity index (χ3v) is 3.84. The summed E-state index contributed by atoms with van der Waals surface area (Å²) in [6.45, 7) is 2.18. The first-order valence-electron chi connectivity index (χ1n) is 7.03. The molecule has 0 saturated carbocycles. The molecule has 0 aliphatic carbocycles. The van der Waals surface area contributed by atoms with Crippen molar-refractivity contribution in [1.82, 2.24) is 20.8 Å². The van der Waals surface area contributed by atoms with Crippen LogP contribution in [0.4, 0.5) is 0 Å². The summed E-state index contributed by atoms with van der Waals surface area (Å²) < 4.78 is 0. The fourth-order valence-electron chi connectivity index (χ4n) is 2.51. The molecule has 1 amide bonds. The van der Waals surface area contributed by atoms with Crippen LogP contribution in [0.3, 0.4) is 0 Å². The molecule has 0 unspecified atom stereocenters. The minimum absolute atomic E-state index is 0.127. The highest BCUT2D eigenvalue weighted by molar-refractivity contribution is 6.30. The standard InChI is InChI=1S/C15H17ClN4O/c16-11-3-1-2-10(8-11)4-7-18-15(21)14-12-9-17-6-5-13(12)19-20-14/h1-3,8,17H,4-7,9H2,(H,18,21)(H,19,20). The van der Waals surface area contributed by atoms with Gasteiger partial charge in [-0.25, -0.2) is 0 Å². The number of carbonyl (C=O) groups excluding carboxylic acids is 1. The molecule has 0 atom stereocenters. The molecule has 0 spiro atoms. The number of fused-ring (bicyclic) bond motifs is 1. The Hall–Kier alpha value is -1.85. The maximum absolute atomic E-state index is 12.2. The van der Waals surface area contributed by atoms with Gasteiger partial charge < -0.3 is 10.6 Å². The molecule has 0 radical (unpaired) electrons. The Bertz CT molecular complexity index is 653. The Kier molecular flexibility index (Phi) is 4.22. The van der Waals surface area contributed by atoms with Gasteiger partial charge in [0.25, 0.3) is 5.91 Å². The highest BCUT2D eigenvalue weighted by Crippen LogP contribution is 2.15. The Morgan fingerprint density at radius 1 is 1.43 bits per heavy atom. The maximum Gasteiger partial charge on any atom is 0.272 e. The molecule has 6 heteroatoms. The second-order valence-electron chi connectivity index (χ2n) is 5.09. The number of aromatic nitrogens is 2. The minimum atomic E-state index is -0.127. The van der Waals surface area contributed by atoms with E-state index in [1.807, 2.05) is 24.3 Å². The number of nitrogens with one attached hydrogen (secondary N) is 3. The van der Waals surface area contributed by atoms with Crippen LogP contribution in [-0.4, -0.2) is 29.2 Å². The average molecular weight is 305 g/mol. The summed E-state index contributed by atoms with van der Waals surface area (Å²) >= 11 is 5.94. The summed E-state index contributed by atoms with van der Waals surface area (Å²) in [6, 6.07) is 7.66. The SMILES string of the molecule is O=C(NCCc1cccc(Cl)c1)c1n[nH]c2c1CNCC2. The number of nitrogens with zero attached hydrogens (tertiary/aromatic N) is 1. The van der Waals surface area contributed by atoms with Crippen molar-refractivity contribution in [2.75, 3.05) is 13.1 Å². The van der Waals surface area contributed by atoms with E-state index in [2.05, 4.69) is 20.8 Å². The second-order valence-corrected chi connectivity index (χ2v) is 5.53. The van der Waals surface area contributed by atoms with Crippen LogP contribution in [0.2, 0.25) is 5.02 Å². The van der Waals surface area contributed by atoms with E-state index in [4.69, 9.17) is 11.6 Å². The summed E-state index contributed by atoms with van der Waals surface area (Å²) in [7, 11) is 0. The summed E-state index contributed by atoms with van der Waals surface area (Å²) in [5.74, 6) is -0.127. The van der Waals surface area contributed by atoms with Crippen LogP contribution in [0.25, 0.3) is 0 Å². The van der Waals surface area contributed by atoms with E-state index in [0.29, 0.717) is 23.8 Å². The molecule has 1 aromatic heterocycles. The van der Waals surface area contributed by atoms with Crippen LogP contribution in [0, 0.1) is 0 Å². The van der Waals surface area contributed by atoms with Crippen molar-refractivity contribution in [3.8, 4) is 0 Å². The zero-order valence-corrected chi connectivity index (χ0v) is 12.3. The predicted molar refractivity (Wildman–Crippen MR) is 81.5 cm³/mol. The van der Waals surface area contributed by atoms with Crippen molar-refractivity contribution in [2.45, 2.75) is 19.4 Å². The molecule has 1 aromatic carbocycles. The number of hydrogen-bond acceptors (Lipinski definition) is 3. The van der Waals surface area contributed by atoms with Crippen LogP contribution in [0.5, 0.6) is 0 Å². The monoisotopic (exact) mass is 304 g/mol. The quantitative estimate of drug-likeness (QED) is 0.805. The summed E-state index contributed by atoms with van der Waals surface area (Å²) in [4.78, 5) is 12.2. The van der Waals surface area contributed by atoms with E-state index in [1.54, 1.807) is 0 Å². The van der Waals surface area contributed by atoms with Gasteiger partial charge in [-0.05, 0) is 24.1 Å². The second kappa shape index (κ2) is 6.28. The third-order valence-electron chi connectivity index (χ3n) is 3.61. The molecule has 2 heterocycles. The highest BCUT2D eigenvalue weighted by Gasteiger charge is 2.20. The molecule has 0 saturated heterocycles. The van der Waals surface area contributed by atoms with E-state index < -0.39 is 0 Å². The van der Waals surface area contributed by atoms with Gasteiger partial charge in [-0.3, -0.25) is 9.89 Å². The lowest BCUT2D eigenvalue weighted by Gasteiger charge is -2.12. The molecule has 1 aliphatic rings. The number of aromatic amines is 1. The minimum Gasteiger partial charge on any atom is -0.350 e. The van der Waals surface area contributed by atoms with Gasteiger partial charge in [-0.15, -0.1) is 0 Å². The van der Waals surface area contributed by atoms with Gasteiger partial charge in [0.2, 0.25) is 0 Å². The topological polar surface area (TPSA) is 69.8 Å².